The van der Waals surface area contributed by atoms with E-state index < -0.39 is 0 Å². The van der Waals surface area contributed by atoms with E-state index >= 15 is 0 Å². The van der Waals surface area contributed by atoms with Gasteiger partial charge in [0.2, 0.25) is 0 Å². The zero-order valence-electron chi connectivity index (χ0n) is 18.0. The highest BCUT2D eigenvalue weighted by Crippen LogP contribution is 2.21. The smallest absolute Gasteiger partial charge is 0.251 e. The Kier molecular flexibility index (Phi) is 7.67. The summed E-state index contributed by atoms with van der Waals surface area (Å²) in [5, 5.41) is 6.18. The van der Waals surface area contributed by atoms with Gasteiger partial charge in [0.25, 0.3) is 5.91 Å². The maximum atomic E-state index is 12.6. The van der Waals surface area contributed by atoms with Crippen LogP contribution in [0.1, 0.15) is 54.7 Å². The van der Waals surface area contributed by atoms with Gasteiger partial charge in [-0.1, -0.05) is 20.8 Å². The van der Waals surface area contributed by atoms with Gasteiger partial charge in [0.1, 0.15) is 12.4 Å². The summed E-state index contributed by atoms with van der Waals surface area (Å²) in [5.74, 6) is 2.04. The molecule has 1 aliphatic heterocycles. The topological polar surface area (TPSA) is 54.5 Å². The van der Waals surface area contributed by atoms with Gasteiger partial charge in [-0.3, -0.25) is 9.69 Å². The molecule has 0 bridgehead atoms. The normalized spacial score (nSPS) is 16.7. The second-order valence-corrected chi connectivity index (χ2v) is 9.47. The SMILES string of the molecule is Cc1nc(COc2ccc(C(=O)NCC(C(C)C)N3CCC(C)CC3)cc2)cs1. The van der Waals surface area contributed by atoms with E-state index in [2.05, 4.69) is 36.0 Å². The second kappa shape index (κ2) is 10.2. The summed E-state index contributed by atoms with van der Waals surface area (Å²) in [5.41, 5.74) is 1.60. The van der Waals surface area contributed by atoms with Crippen molar-refractivity contribution >= 4 is 17.2 Å². The van der Waals surface area contributed by atoms with Crippen LogP contribution >= 0.6 is 11.3 Å². The molecule has 1 aromatic heterocycles. The summed E-state index contributed by atoms with van der Waals surface area (Å²) in [7, 11) is 0. The Morgan fingerprint density at radius 1 is 1.28 bits per heavy atom. The van der Waals surface area contributed by atoms with Crippen LogP contribution in [0.2, 0.25) is 0 Å². The first-order valence-corrected chi connectivity index (χ1v) is 11.5. The summed E-state index contributed by atoms with van der Waals surface area (Å²) in [6.07, 6.45) is 2.50. The first-order valence-electron chi connectivity index (χ1n) is 10.6. The quantitative estimate of drug-likeness (QED) is 0.689. The van der Waals surface area contributed by atoms with E-state index in [1.165, 1.54) is 12.8 Å². The lowest BCUT2D eigenvalue weighted by atomic mass is 9.94. The van der Waals surface area contributed by atoms with Gasteiger partial charge in [-0.15, -0.1) is 11.3 Å². The Bertz CT molecular complexity index is 780. The van der Waals surface area contributed by atoms with Crippen molar-refractivity contribution in [1.29, 1.82) is 0 Å². The molecule has 1 fully saturated rings. The van der Waals surface area contributed by atoms with E-state index in [1.807, 2.05) is 36.6 Å². The monoisotopic (exact) mass is 415 g/mol. The van der Waals surface area contributed by atoms with Gasteiger partial charge in [0, 0.05) is 23.5 Å². The van der Waals surface area contributed by atoms with Gasteiger partial charge in [0.15, 0.2) is 0 Å². The number of rotatable bonds is 8. The van der Waals surface area contributed by atoms with E-state index in [-0.39, 0.29) is 5.91 Å². The third-order valence-corrected chi connectivity index (χ3v) is 6.52. The minimum atomic E-state index is -0.0253. The predicted octanol–water partition coefficient (Wildman–Crippen LogP) is 4.52. The molecule has 1 saturated heterocycles. The number of likely N-dealkylation sites (tertiary alicyclic amines) is 1. The van der Waals surface area contributed by atoms with Crippen LogP contribution in [-0.2, 0) is 6.61 Å². The summed E-state index contributed by atoms with van der Waals surface area (Å²) in [6, 6.07) is 7.73. The van der Waals surface area contributed by atoms with Crippen LogP contribution in [0, 0.1) is 18.8 Å². The standard InChI is InChI=1S/C23H33N3O2S/c1-16(2)22(26-11-9-17(3)10-12-26)13-24-23(27)19-5-7-21(8-6-19)28-14-20-15-29-18(4)25-20/h5-8,15-17,22H,9-14H2,1-4H3,(H,24,27). The van der Waals surface area contributed by atoms with Crippen molar-refractivity contribution < 1.29 is 9.53 Å². The average Bonchev–Trinajstić information content (AvgIpc) is 3.13. The molecule has 158 valence electrons. The molecular formula is C23H33N3O2S. The largest absolute Gasteiger partial charge is 0.487 e. The lowest BCUT2D eigenvalue weighted by molar-refractivity contribution is 0.0863. The van der Waals surface area contributed by atoms with Crippen LogP contribution in [0.25, 0.3) is 0 Å². The zero-order chi connectivity index (χ0) is 20.8. The Labute approximate surface area is 178 Å². The molecule has 1 amide bonds. The van der Waals surface area contributed by atoms with E-state index in [4.69, 9.17) is 4.74 Å². The van der Waals surface area contributed by atoms with Crippen LogP contribution in [0.4, 0.5) is 0 Å². The number of nitrogens with zero attached hydrogens (tertiary/aromatic N) is 2. The predicted molar refractivity (Wildman–Crippen MR) is 119 cm³/mol. The van der Waals surface area contributed by atoms with Crippen LogP contribution in [-0.4, -0.2) is 41.5 Å². The fraction of sp³-hybridized carbons (Fsp3) is 0.565. The summed E-state index contributed by atoms with van der Waals surface area (Å²) in [6.45, 7) is 12.2. The van der Waals surface area contributed by atoms with E-state index in [0.717, 1.165) is 35.5 Å². The van der Waals surface area contributed by atoms with Gasteiger partial charge < -0.3 is 10.1 Å². The Morgan fingerprint density at radius 3 is 2.55 bits per heavy atom. The molecule has 0 radical (unpaired) electrons. The Balaban J connectivity index is 1.50. The molecule has 6 heteroatoms. The molecule has 5 nitrogen and oxygen atoms in total. The number of aryl methyl sites for hydroxylation is 1. The van der Waals surface area contributed by atoms with Crippen molar-refractivity contribution in [2.75, 3.05) is 19.6 Å². The number of carbonyl (C=O) groups is 1. The number of carbonyl (C=O) groups excluding carboxylic acids is 1. The summed E-state index contributed by atoms with van der Waals surface area (Å²) in [4.78, 5) is 19.6. The highest BCUT2D eigenvalue weighted by atomic mass is 32.1. The fourth-order valence-corrected chi connectivity index (χ4v) is 4.38. The number of benzene rings is 1. The van der Waals surface area contributed by atoms with E-state index in [1.54, 1.807) is 11.3 Å². The molecule has 0 saturated carbocycles. The number of hydrogen-bond acceptors (Lipinski definition) is 5. The number of aromatic nitrogens is 1. The lowest BCUT2D eigenvalue weighted by Gasteiger charge is -2.38. The fourth-order valence-electron chi connectivity index (χ4n) is 3.78. The van der Waals surface area contributed by atoms with Gasteiger partial charge >= 0.3 is 0 Å². The van der Waals surface area contributed by atoms with E-state index in [9.17, 15) is 4.79 Å². The zero-order valence-corrected chi connectivity index (χ0v) is 18.8. The van der Waals surface area contributed by atoms with Gasteiger partial charge in [0.05, 0.1) is 10.7 Å². The third kappa shape index (κ3) is 6.28. The van der Waals surface area contributed by atoms with Gasteiger partial charge in [-0.05, 0) is 69.0 Å². The molecule has 0 spiro atoms. The molecule has 1 N–H and O–H groups in total. The molecule has 2 heterocycles. The van der Waals surface area contributed by atoms with Crippen molar-refractivity contribution in [1.82, 2.24) is 15.2 Å². The van der Waals surface area contributed by atoms with Crippen molar-refractivity contribution in [3.8, 4) is 5.75 Å². The van der Waals surface area contributed by atoms with Crippen molar-refractivity contribution in [2.24, 2.45) is 11.8 Å². The van der Waals surface area contributed by atoms with Crippen molar-refractivity contribution in [2.45, 2.75) is 53.2 Å². The molecule has 1 aliphatic rings. The number of piperidine rings is 1. The molecule has 1 unspecified atom stereocenters. The third-order valence-electron chi connectivity index (χ3n) is 5.70. The van der Waals surface area contributed by atoms with Gasteiger partial charge in [-0.2, -0.15) is 0 Å². The number of amides is 1. The van der Waals surface area contributed by atoms with Crippen molar-refractivity contribution in [3.63, 3.8) is 0 Å². The number of thiazole rings is 1. The highest BCUT2D eigenvalue weighted by Gasteiger charge is 2.26. The van der Waals surface area contributed by atoms with E-state index in [0.29, 0.717) is 30.7 Å². The van der Waals surface area contributed by atoms with Crippen LogP contribution in [0.15, 0.2) is 29.6 Å². The van der Waals surface area contributed by atoms with Gasteiger partial charge in [-0.25, -0.2) is 4.98 Å². The minimum Gasteiger partial charge on any atom is -0.487 e. The lowest BCUT2D eigenvalue weighted by Crippen LogP contribution is -2.49. The first-order chi connectivity index (χ1) is 13.9. The number of ether oxygens (including phenoxy) is 1. The number of nitrogens with one attached hydrogen (secondary N) is 1. The molecule has 2 aromatic rings. The van der Waals surface area contributed by atoms with Crippen LogP contribution in [0.5, 0.6) is 5.75 Å². The Morgan fingerprint density at radius 2 is 1.97 bits per heavy atom. The molecule has 0 aliphatic carbocycles. The summed E-state index contributed by atoms with van der Waals surface area (Å²) >= 11 is 1.62. The maximum Gasteiger partial charge on any atom is 0.251 e. The van der Waals surface area contributed by atoms with Crippen LogP contribution in [0.3, 0.4) is 0 Å². The second-order valence-electron chi connectivity index (χ2n) is 8.41. The van der Waals surface area contributed by atoms with Crippen molar-refractivity contribution in [3.05, 3.63) is 45.9 Å². The Hall–Kier alpha value is -1.92. The minimum absolute atomic E-state index is 0.0253. The molecule has 29 heavy (non-hydrogen) atoms. The molecule has 3 rings (SSSR count). The maximum absolute atomic E-state index is 12.6. The average molecular weight is 416 g/mol. The molecular weight excluding hydrogens is 382 g/mol. The first kappa shape index (κ1) is 21.8. The highest BCUT2D eigenvalue weighted by molar-refractivity contribution is 7.09. The van der Waals surface area contributed by atoms with Crippen LogP contribution < -0.4 is 10.1 Å². The number of hydrogen-bond donors (Lipinski definition) is 1. The summed E-state index contributed by atoms with van der Waals surface area (Å²) < 4.78 is 5.76. The molecule has 1 atom stereocenters. The molecule has 1 aromatic carbocycles.